The van der Waals surface area contributed by atoms with E-state index in [4.69, 9.17) is 14.5 Å². The van der Waals surface area contributed by atoms with Crippen LogP contribution in [0.3, 0.4) is 0 Å². The van der Waals surface area contributed by atoms with E-state index in [0.717, 1.165) is 84.5 Å². The van der Waals surface area contributed by atoms with Gasteiger partial charge in [0.1, 0.15) is 29.4 Å². The number of hydrogen-bond donors (Lipinski definition) is 4. The Balaban J connectivity index is 1.03. The number of benzene rings is 1. The Labute approximate surface area is 344 Å². The summed E-state index contributed by atoms with van der Waals surface area (Å²) in [5, 5.41) is 5.41. The lowest BCUT2D eigenvalue weighted by atomic mass is 10.00. The van der Waals surface area contributed by atoms with Gasteiger partial charge in [0.05, 0.1) is 43.9 Å². The molecular formula is C44H53N9O6. The Morgan fingerprint density at radius 1 is 0.763 bits per heavy atom. The molecule has 310 valence electrons. The standard InChI is InChI=1S/C44H53N9O6/c1-25(2)36(50-43(56)58-5)41(54)52-20-8-12-34(52)39-46-24-33(48-39)29-16-18-30(45-23-29)17-14-27-15-19-31-28(22-27)10-7-11-32-38(31)49-40(47-32)35-13-9-21-53(35)42(55)37(26(3)4)51-44(57)59-6/h15-16,18-19,22-26,34-37H,7-13,20-21H2,1-6H3,(H,46,48)(H,47,49)(H,50,56)(H,51,57)/t34-,35-,36-,37-/m0/s1. The predicted octanol–water partition coefficient (Wildman–Crippen LogP) is 5.84. The second-order valence-corrected chi connectivity index (χ2v) is 16.1. The number of ether oxygens (including phenoxy) is 2. The molecule has 2 saturated heterocycles. The molecule has 1 aromatic carbocycles. The molecule has 0 radical (unpaired) electrons. The molecule has 0 saturated carbocycles. The minimum absolute atomic E-state index is 0.107. The van der Waals surface area contributed by atoms with E-state index < -0.39 is 24.3 Å². The van der Waals surface area contributed by atoms with Gasteiger partial charge in [0.25, 0.3) is 0 Å². The average molecular weight is 804 g/mol. The Kier molecular flexibility index (Phi) is 12.3. The summed E-state index contributed by atoms with van der Waals surface area (Å²) >= 11 is 0. The van der Waals surface area contributed by atoms with Crippen LogP contribution in [-0.4, -0.2) is 98.1 Å². The molecular weight excluding hydrogens is 751 g/mol. The zero-order chi connectivity index (χ0) is 41.8. The zero-order valence-electron chi connectivity index (χ0n) is 34.6. The van der Waals surface area contributed by atoms with Crippen molar-refractivity contribution in [1.29, 1.82) is 0 Å². The van der Waals surface area contributed by atoms with Crippen molar-refractivity contribution in [3.63, 3.8) is 0 Å². The van der Waals surface area contributed by atoms with Crippen LogP contribution in [-0.2, 0) is 31.9 Å². The lowest BCUT2D eigenvalue weighted by Crippen LogP contribution is -2.51. The van der Waals surface area contributed by atoms with Crippen LogP contribution in [0.25, 0.3) is 22.5 Å². The number of carbonyl (C=O) groups excluding carboxylic acids is 4. The lowest BCUT2D eigenvalue weighted by Gasteiger charge is -2.30. The molecule has 2 fully saturated rings. The number of nitrogens with zero attached hydrogens (tertiary/aromatic N) is 5. The Morgan fingerprint density at radius 3 is 2.00 bits per heavy atom. The number of rotatable bonds is 9. The minimum atomic E-state index is -0.699. The SMILES string of the molecule is COC(=O)N[C@H](C(=O)N1CCC[C@H]1c1ncc(-c2ccc(C#Cc3ccc4c(c3)CCCc3[nH]c([C@@H]5CCCN5C(=O)[C@@H](NC(=O)OC)C(C)C)nc3-4)nc2)[nH]1)C(C)C. The molecule has 0 spiro atoms. The molecule has 3 aromatic heterocycles. The predicted molar refractivity (Wildman–Crippen MR) is 220 cm³/mol. The summed E-state index contributed by atoms with van der Waals surface area (Å²) in [5.41, 5.74) is 7.38. The first-order valence-electron chi connectivity index (χ1n) is 20.5. The van der Waals surface area contributed by atoms with Gasteiger partial charge >= 0.3 is 12.2 Å². The van der Waals surface area contributed by atoms with Crippen LogP contribution >= 0.6 is 0 Å². The molecule has 15 nitrogen and oxygen atoms in total. The number of nitrogens with one attached hydrogen (secondary N) is 4. The highest BCUT2D eigenvalue weighted by molar-refractivity contribution is 5.87. The van der Waals surface area contributed by atoms with E-state index in [1.165, 1.54) is 19.8 Å². The van der Waals surface area contributed by atoms with E-state index in [0.29, 0.717) is 24.6 Å². The second-order valence-electron chi connectivity index (χ2n) is 16.1. The van der Waals surface area contributed by atoms with Crippen molar-refractivity contribution in [2.24, 2.45) is 11.8 Å². The minimum Gasteiger partial charge on any atom is -0.453 e. The number of methoxy groups -OCH3 is 2. The van der Waals surface area contributed by atoms with Gasteiger partial charge in [-0.1, -0.05) is 39.7 Å². The fourth-order valence-electron chi connectivity index (χ4n) is 8.36. The van der Waals surface area contributed by atoms with Crippen molar-refractivity contribution in [2.75, 3.05) is 27.3 Å². The van der Waals surface area contributed by atoms with Crippen molar-refractivity contribution < 1.29 is 28.7 Å². The fraction of sp³-hybridized carbons (Fsp3) is 0.477. The number of H-pyrrole nitrogens is 2. The van der Waals surface area contributed by atoms with Crippen molar-refractivity contribution in [3.8, 4) is 34.4 Å². The summed E-state index contributed by atoms with van der Waals surface area (Å²) in [4.78, 5) is 76.2. The van der Waals surface area contributed by atoms with Crippen molar-refractivity contribution >= 4 is 24.0 Å². The number of aromatic amines is 2. The summed E-state index contributed by atoms with van der Waals surface area (Å²) in [5.74, 6) is 7.47. The molecule has 4 atom stereocenters. The van der Waals surface area contributed by atoms with Gasteiger partial charge in [-0.2, -0.15) is 0 Å². The summed E-state index contributed by atoms with van der Waals surface area (Å²) in [7, 11) is 2.58. The van der Waals surface area contributed by atoms with Crippen molar-refractivity contribution in [2.45, 2.75) is 96.8 Å². The van der Waals surface area contributed by atoms with E-state index in [1.807, 2.05) is 50.8 Å². The van der Waals surface area contributed by atoms with E-state index >= 15 is 0 Å². The molecule has 4 amide bonds. The quantitative estimate of drug-likeness (QED) is 0.151. The molecule has 4 aromatic rings. The molecule has 59 heavy (non-hydrogen) atoms. The number of alkyl carbamates (subject to hydrolysis) is 2. The molecule has 2 aliphatic heterocycles. The van der Waals surface area contributed by atoms with Crippen LogP contribution in [0.15, 0.2) is 42.7 Å². The highest BCUT2D eigenvalue weighted by Gasteiger charge is 2.39. The van der Waals surface area contributed by atoms with Crippen LogP contribution in [0.5, 0.6) is 0 Å². The van der Waals surface area contributed by atoms with Gasteiger partial charge in [0.15, 0.2) is 0 Å². The van der Waals surface area contributed by atoms with Gasteiger partial charge in [-0.15, -0.1) is 0 Å². The first kappa shape index (κ1) is 41.0. The third-order valence-electron chi connectivity index (χ3n) is 11.5. The van der Waals surface area contributed by atoms with Crippen LogP contribution in [0, 0.1) is 23.7 Å². The first-order chi connectivity index (χ1) is 28.4. The van der Waals surface area contributed by atoms with E-state index in [1.54, 1.807) is 17.3 Å². The highest BCUT2D eigenvalue weighted by Crippen LogP contribution is 2.37. The average Bonchev–Trinajstić information content (AvgIpc) is 4.07. The number of carbonyl (C=O) groups is 4. The number of imidazole rings is 2. The van der Waals surface area contributed by atoms with Crippen molar-refractivity contribution in [3.05, 3.63) is 76.9 Å². The Morgan fingerprint density at radius 2 is 1.41 bits per heavy atom. The van der Waals surface area contributed by atoms with E-state index in [2.05, 4.69) is 54.5 Å². The largest absolute Gasteiger partial charge is 0.453 e. The summed E-state index contributed by atoms with van der Waals surface area (Å²) < 4.78 is 9.54. The monoisotopic (exact) mass is 803 g/mol. The third kappa shape index (κ3) is 8.81. The van der Waals surface area contributed by atoms with Crippen LogP contribution in [0.2, 0.25) is 0 Å². The number of amides is 4. The maximum Gasteiger partial charge on any atom is 0.407 e. The summed E-state index contributed by atoms with van der Waals surface area (Å²) in [6, 6.07) is 8.25. The molecule has 4 N–H and O–H groups in total. The first-order valence-corrected chi connectivity index (χ1v) is 20.5. The van der Waals surface area contributed by atoms with Gasteiger partial charge in [-0.05, 0) is 92.5 Å². The van der Waals surface area contributed by atoms with Crippen LogP contribution in [0.1, 0.15) is 106 Å². The maximum atomic E-state index is 13.7. The van der Waals surface area contributed by atoms with Crippen LogP contribution in [0.4, 0.5) is 9.59 Å². The van der Waals surface area contributed by atoms with Crippen LogP contribution < -0.4 is 10.6 Å². The number of aromatic nitrogens is 5. The lowest BCUT2D eigenvalue weighted by molar-refractivity contribution is -0.136. The van der Waals surface area contributed by atoms with E-state index in [9.17, 15) is 19.2 Å². The Bertz CT molecular complexity index is 2250. The van der Waals surface area contributed by atoms with Gasteiger partial charge in [0, 0.05) is 41.7 Å². The number of fused-ring (bicyclic) bond motifs is 3. The third-order valence-corrected chi connectivity index (χ3v) is 11.5. The normalized spacial score (nSPS) is 18.3. The molecule has 0 bridgehead atoms. The van der Waals surface area contributed by atoms with Crippen molar-refractivity contribution in [1.82, 2.24) is 45.4 Å². The summed E-state index contributed by atoms with van der Waals surface area (Å²) in [6.07, 6.45) is 8.19. The Hall–Kier alpha value is -6.17. The van der Waals surface area contributed by atoms with E-state index in [-0.39, 0.29) is 35.7 Å². The molecule has 0 unspecified atom stereocenters. The highest BCUT2D eigenvalue weighted by atomic mass is 16.5. The smallest absolute Gasteiger partial charge is 0.407 e. The van der Waals surface area contributed by atoms with Gasteiger partial charge in [-0.25, -0.2) is 24.5 Å². The maximum absolute atomic E-state index is 13.7. The topological polar surface area (TPSA) is 188 Å². The number of hydrogen-bond acceptors (Lipinski definition) is 9. The number of aryl methyl sites for hydroxylation is 2. The second kappa shape index (κ2) is 17.8. The summed E-state index contributed by atoms with van der Waals surface area (Å²) in [6.45, 7) is 8.79. The number of likely N-dealkylation sites (tertiary alicyclic amines) is 2. The van der Waals surface area contributed by atoms with Gasteiger partial charge in [-0.3, -0.25) is 9.59 Å². The molecule has 15 heteroatoms. The number of pyridine rings is 1. The van der Waals surface area contributed by atoms with Gasteiger partial charge < -0.3 is 39.9 Å². The fourth-order valence-corrected chi connectivity index (χ4v) is 8.36. The molecule has 1 aliphatic carbocycles. The van der Waals surface area contributed by atoms with Gasteiger partial charge in [0.2, 0.25) is 11.8 Å². The molecule has 5 heterocycles. The zero-order valence-corrected chi connectivity index (χ0v) is 34.6. The molecule has 7 rings (SSSR count). The molecule has 3 aliphatic rings.